The van der Waals surface area contributed by atoms with Crippen molar-refractivity contribution >= 4 is 15.9 Å². The smallest absolute Gasteiger partial charge is 0.248 e. The molecule has 2 atom stereocenters. The highest BCUT2D eigenvalue weighted by Crippen LogP contribution is 2.32. The molecule has 2 unspecified atom stereocenters. The van der Waals surface area contributed by atoms with Crippen LogP contribution in [0.5, 0.6) is 11.5 Å². The van der Waals surface area contributed by atoms with E-state index in [1.807, 2.05) is 39.0 Å². The summed E-state index contributed by atoms with van der Waals surface area (Å²) in [5.41, 5.74) is 1.21. The van der Waals surface area contributed by atoms with Crippen LogP contribution in [0.2, 0.25) is 0 Å². The van der Waals surface area contributed by atoms with E-state index in [2.05, 4.69) is 10.5 Å². The molecule has 1 saturated heterocycles. The Balaban J connectivity index is 1.71. The van der Waals surface area contributed by atoms with E-state index in [1.165, 1.54) is 4.31 Å². The Hall–Kier alpha value is -2.59. The number of benzene rings is 1. The van der Waals surface area contributed by atoms with Crippen LogP contribution in [0.3, 0.4) is 0 Å². The summed E-state index contributed by atoms with van der Waals surface area (Å²) in [4.78, 5) is 13.1. The lowest BCUT2D eigenvalue weighted by Gasteiger charge is -2.31. The number of ether oxygens (including phenoxy) is 2. The van der Waals surface area contributed by atoms with Gasteiger partial charge in [0.05, 0.1) is 25.2 Å². The fourth-order valence-corrected chi connectivity index (χ4v) is 5.91. The van der Waals surface area contributed by atoms with Crippen LogP contribution < -0.4 is 14.8 Å². The Bertz CT molecular complexity index is 1060. The number of hydrogen-bond donors (Lipinski definition) is 1. The van der Waals surface area contributed by atoms with Crippen molar-refractivity contribution < 1.29 is 27.2 Å². The lowest BCUT2D eigenvalue weighted by Crippen LogP contribution is -2.46. The topological polar surface area (TPSA) is 111 Å². The molecule has 9 nitrogen and oxygen atoms in total. The van der Waals surface area contributed by atoms with Crippen LogP contribution in [0.25, 0.3) is 0 Å². The average molecular weight is 480 g/mol. The molecule has 1 aromatic heterocycles. The minimum Gasteiger partial charge on any atom is -0.490 e. The molecule has 1 fully saturated rings. The number of aryl methyl sites for hydroxylation is 2. The van der Waals surface area contributed by atoms with Gasteiger partial charge in [0.1, 0.15) is 10.6 Å². The van der Waals surface area contributed by atoms with Crippen LogP contribution in [0.4, 0.5) is 0 Å². The molecular weight excluding hydrogens is 446 g/mol. The van der Waals surface area contributed by atoms with Crippen molar-refractivity contribution in [3.05, 3.63) is 35.2 Å². The summed E-state index contributed by atoms with van der Waals surface area (Å²) in [6.07, 6.45) is 1.23. The van der Waals surface area contributed by atoms with Crippen molar-refractivity contribution in [1.29, 1.82) is 0 Å². The Morgan fingerprint density at radius 3 is 2.58 bits per heavy atom. The lowest BCUT2D eigenvalue weighted by molar-refractivity contribution is -0.126. The van der Waals surface area contributed by atoms with Crippen LogP contribution in [-0.2, 0) is 14.8 Å². The maximum atomic E-state index is 13.2. The van der Waals surface area contributed by atoms with Crippen molar-refractivity contribution in [2.24, 2.45) is 5.92 Å². The second-order valence-corrected chi connectivity index (χ2v) is 10.0. The molecule has 1 N–H and O–H groups in total. The molecule has 3 rings (SSSR count). The SMILES string of the molecule is CCOc1ccc(C(C)NC(=O)C2CCCN(S(=O)(=O)c3c(C)noc3C)C2)cc1OCC. The normalized spacial score (nSPS) is 18.0. The van der Waals surface area contributed by atoms with E-state index in [1.54, 1.807) is 13.8 Å². The number of amides is 1. The minimum atomic E-state index is -3.78. The van der Waals surface area contributed by atoms with Crippen molar-refractivity contribution in [2.75, 3.05) is 26.3 Å². The Morgan fingerprint density at radius 1 is 1.24 bits per heavy atom. The molecule has 0 saturated carbocycles. The van der Waals surface area contributed by atoms with E-state index in [-0.39, 0.29) is 29.1 Å². The van der Waals surface area contributed by atoms with E-state index in [0.717, 1.165) is 5.56 Å². The largest absolute Gasteiger partial charge is 0.490 e. The molecule has 10 heteroatoms. The fraction of sp³-hybridized carbons (Fsp3) is 0.565. The predicted octanol–water partition coefficient (Wildman–Crippen LogP) is 3.37. The van der Waals surface area contributed by atoms with Gasteiger partial charge in [0.15, 0.2) is 17.3 Å². The molecule has 2 aromatic rings. The van der Waals surface area contributed by atoms with Crippen molar-refractivity contribution in [2.45, 2.75) is 58.4 Å². The zero-order chi connectivity index (χ0) is 24.2. The van der Waals surface area contributed by atoms with Crippen LogP contribution in [-0.4, -0.2) is 50.1 Å². The molecular formula is C23H33N3O6S. The van der Waals surface area contributed by atoms with Crippen molar-refractivity contribution in [3.63, 3.8) is 0 Å². The van der Waals surface area contributed by atoms with Gasteiger partial charge in [-0.3, -0.25) is 4.79 Å². The van der Waals surface area contributed by atoms with E-state index in [9.17, 15) is 13.2 Å². The Kier molecular flexibility index (Phi) is 8.01. The summed E-state index contributed by atoms with van der Waals surface area (Å²) >= 11 is 0. The van der Waals surface area contributed by atoms with Crippen molar-refractivity contribution in [1.82, 2.24) is 14.8 Å². The summed E-state index contributed by atoms with van der Waals surface area (Å²) in [5, 5.41) is 6.79. The first-order chi connectivity index (χ1) is 15.7. The molecule has 0 spiro atoms. The first-order valence-electron chi connectivity index (χ1n) is 11.3. The first kappa shape index (κ1) is 25.0. The summed E-state index contributed by atoms with van der Waals surface area (Å²) in [5.74, 6) is 0.938. The Morgan fingerprint density at radius 2 is 1.94 bits per heavy atom. The molecule has 0 aliphatic carbocycles. The highest BCUT2D eigenvalue weighted by molar-refractivity contribution is 7.89. The quantitative estimate of drug-likeness (QED) is 0.587. The average Bonchev–Trinajstić information content (AvgIpc) is 3.14. The van der Waals surface area contributed by atoms with Crippen molar-refractivity contribution in [3.8, 4) is 11.5 Å². The Labute approximate surface area is 195 Å². The van der Waals surface area contributed by atoms with Crippen LogP contribution in [0, 0.1) is 19.8 Å². The number of nitrogens with one attached hydrogen (secondary N) is 1. The number of carbonyl (C=O) groups is 1. The van der Waals surface area contributed by atoms with Gasteiger partial charge in [-0.1, -0.05) is 11.2 Å². The minimum absolute atomic E-state index is 0.0924. The number of carbonyl (C=O) groups excluding carboxylic acids is 1. The second kappa shape index (κ2) is 10.6. The van der Waals surface area contributed by atoms with Gasteiger partial charge in [-0.25, -0.2) is 8.42 Å². The van der Waals surface area contributed by atoms with Gasteiger partial charge < -0.3 is 19.3 Å². The first-order valence-corrected chi connectivity index (χ1v) is 12.8. The third kappa shape index (κ3) is 5.50. The van der Waals surface area contributed by atoms with Gasteiger partial charge in [0, 0.05) is 13.1 Å². The van der Waals surface area contributed by atoms with Crippen LogP contribution >= 0.6 is 0 Å². The van der Waals surface area contributed by atoms with Crippen LogP contribution in [0.15, 0.2) is 27.6 Å². The molecule has 1 aromatic carbocycles. The van der Waals surface area contributed by atoms with Gasteiger partial charge in [-0.2, -0.15) is 4.31 Å². The number of hydrogen-bond acceptors (Lipinski definition) is 7. The third-order valence-corrected chi connectivity index (χ3v) is 7.86. The molecule has 1 aliphatic heterocycles. The van der Waals surface area contributed by atoms with Gasteiger partial charge in [0.25, 0.3) is 0 Å². The zero-order valence-electron chi connectivity index (χ0n) is 19.9. The van der Waals surface area contributed by atoms with Gasteiger partial charge in [-0.15, -0.1) is 0 Å². The summed E-state index contributed by atoms with van der Waals surface area (Å²) in [6, 6.07) is 5.33. The standard InChI is InChI=1S/C23H33N3O6S/c1-6-30-20-11-10-18(13-21(20)31-7-2)15(3)24-23(27)19-9-8-12-26(14-19)33(28,29)22-16(4)25-32-17(22)5/h10-11,13,15,19H,6-9,12,14H2,1-5H3,(H,24,27). The summed E-state index contributed by atoms with van der Waals surface area (Å²) < 4.78 is 44.0. The fourth-order valence-electron chi connectivity index (χ4n) is 4.10. The van der Waals surface area contributed by atoms with E-state index >= 15 is 0 Å². The highest BCUT2D eigenvalue weighted by Gasteiger charge is 2.36. The van der Waals surface area contributed by atoms with Gasteiger partial charge in [-0.05, 0) is 65.2 Å². The number of aromatic nitrogens is 1. The number of rotatable bonds is 9. The van der Waals surface area contributed by atoms with E-state index in [4.69, 9.17) is 14.0 Å². The van der Waals surface area contributed by atoms with E-state index < -0.39 is 15.9 Å². The van der Waals surface area contributed by atoms with Gasteiger partial charge >= 0.3 is 0 Å². The predicted molar refractivity (Wildman–Crippen MR) is 123 cm³/mol. The number of sulfonamides is 1. The molecule has 0 radical (unpaired) electrons. The van der Waals surface area contributed by atoms with Crippen LogP contribution in [0.1, 0.15) is 56.7 Å². The monoisotopic (exact) mass is 479 g/mol. The maximum Gasteiger partial charge on any atom is 0.248 e. The van der Waals surface area contributed by atoms with Gasteiger partial charge in [0.2, 0.25) is 15.9 Å². The molecule has 1 amide bonds. The molecule has 1 aliphatic rings. The second-order valence-electron chi connectivity index (χ2n) is 8.16. The third-order valence-electron chi connectivity index (χ3n) is 5.75. The zero-order valence-corrected chi connectivity index (χ0v) is 20.7. The highest BCUT2D eigenvalue weighted by atomic mass is 32.2. The summed E-state index contributed by atoms with van der Waals surface area (Å²) in [7, 11) is -3.78. The molecule has 182 valence electrons. The number of nitrogens with zero attached hydrogens (tertiary/aromatic N) is 2. The summed E-state index contributed by atoms with van der Waals surface area (Å²) in [6.45, 7) is 10.4. The van der Waals surface area contributed by atoms with E-state index in [0.29, 0.717) is 49.8 Å². The molecule has 33 heavy (non-hydrogen) atoms. The molecule has 2 heterocycles. The number of piperidine rings is 1. The lowest BCUT2D eigenvalue weighted by atomic mass is 9.98. The molecule has 0 bridgehead atoms. The maximum absolute atomic E-state index is 13.2.